The Kier molecular flexibility index (Phi) is 1.42. The summed E-state index contributed by atoms with van der Waals surface area (Å²) in [6.45, 7) is 1.68. The second kappa shape index (κ2) is 1.93. The molecule has 1 fully saturated rings. The number of halogens is 1. The third kappa shape index (κ3) is 0.798. The normalized spacial score (nSPS) is 28.5. The van der Waals surface area contributed by atoms with Crippen molar-refractivity contribution in [1.82, 2.24) is 10.2 Å². The van der Waals surface area contributed by atoms with E-state index < -0.39 is 0 Å². The summed E-state index contributed by atoms with van der Waals surface area (Å²) in [5.74, 6) is 0. The minimum Gasteiger partial charge on any atom is -0.330 e. The van der Waals surface area contributed by atoms with Gasteiger partial charge in [0.05, 0.1) is 6.54 Å². The standard InChI is InChI=1S/C4H6BrN2O/c1-7-3(5)2-6-4(7)8/h2-3H,1H3,(H,6,8). The van der Waals surface area contributed by atoms with E-state index in [0.29, 0.717) is 0 Å². The van der Waals surface area contributed by atoms with Crippen molar-refractivity contribution in [2.45, 2.75) is 4.95 Å². The number of carbonyl (C=O) groups is 1. The monoisotopic (exact) mass is 177 g/mol. The van der Waals surface area contributed by atoms with E-state index >= 15 is 0 Å². The van der Waals surface area contributed by atoms with Crippen molar-refractivity contribution in [1.29, 1.82) is 0 Å². The quantitative estimate of drug-likeness (QED) is 0.425. The third-order valence-corrected chi connectivity index (χ3v) is 1.91. The number of rotatable bonds is 0. The van der Waals surface area contributed by atoms with Gasteiger partial charge in [-0.2, -0.15) is 0 Å². The van der Waals surface area contributed by atoms with Gasteiger partial charge in [0, 0.05) is 7.05 Å². The molecular formula is C4H6BrN2O. The van der Waals surface area contributed by atoms with E-state index in [-0.39, 0.29) is 11.0 Å². The Bertz CT molecular complexity index is 117. The van der Waals surface area contributed by atoms with Crippen LogP contribution in [0.2, 0.25) is 0 Å². The molecule has 0 aromatic rings. The Labute approximate surface area is 56.2 Å². The lowest BCUT2D eigenvalue weighted by atomic mass is 10.7. The van der Waals surface area contributed by atoms with Crippen LogP contribution in [0.25, 0.3) is 0 Å². The molecule has 1 aliphatic rings. The van der Waals surface area contributed by atoms with Crippen molar-refractivity contribution in [3.63, 3.8) is 0 Å². The maximum Gasteiger partial charge on any atom is 0.318 e. The lowest BCUT2D eigenvalue weighted by Crippen LogP contribution is -2.25. The SMILES string of the molecule is CN1C(=O)N[CH]C1Br. The summed E-state index contributed by atoms with van der Waals surface area (Å²) in [4.78, 5) is 12.1. The molecule has 0 saturated carbocycles. The highest BCUT2D eigenvalue weighted by molar-refractivity contribution is 9.09. The van der Waals surface area contributed by atoms with Gasteiger partial charge in [-0.15, -0.1) is 0 Å². The predicted molar refractivity (Wildman–Crippen MR) is 33.3 cm³/mol. The summed E-state index contributed by atoms with van der Waals surface area (Å²) < 4.78 is 0. The van der Waals surface area contributed by atoms with Crippen LogP contribution in [0.4, 0.5) is 4.79 Å². The predicted octanol–water partition coefficient (Wildman–Crippen LogP) is 0.524. The van der Waals surface area contributed by atoms with Crippen molar-refractivity contribution >= 4 is 22.0 Å². The number of carbonyl (C=O) groups excluding carboxylic acids is 1. The van der Waals surface area contributed by atoms with Gasteiger partial charge in [0.15, 0.2) is 0 Å². The van der Waals surface area contributed by atoms with Crippen LogP contribution in [0, 0.1) is 6.54 Å². The van der Waals surface area contributed by atoms with E-state index in [1.807, 2.05) is 0 Å². The maximum absolute atomic E-state index is 10.5. The number of nitrogens with zero attached hydrogens (tertiary/aromatic N) is 1. The summed E-state index contributed by atoms with van der Waals surface area (Å²) >= 11 is 3.23. The molecule has 1 unspecified atom stereocenters. The Hall–Kier alpha value is -0.250. The topological polar surface area (TPSA) is 32.3 Å². The Balaban J connectivity index is 2.56. The highest BCUT2D eigenvalue weighted by atomic mass is 79.9. The van der Waals surface area contributed by atoms with Crippen LogP contribution in [0.15, 0.2) is 0 Å². The van der Waals surface area contributed by atoms with E-state index in [4.69, 9.17) is 0 Å². The van der Waals surface area contributed by atoms with E-state index in [0.717, 1.165) is 0 Å². The van der Waals surface area contributed by atoms with Gasteiger partial charge >= 0.3 is 6.03 Å². The first kappa shape index (κ1) is 5.88. The summed E-state index contributed by atoms with van der Waals surface area (Å²) in [5, 5.41) is 2.53. The first-order chi connectivity index (χ1) is 3.72. The van der Waals surface area contributed by atoms with Crippen molar-refractivity contribution in [3.05, 3.63) is 6.54 Å². The minimum atomic E-state index is -0.0631. The molecule has 45 valence electrons. The Morgan fingerprint density at radius 2 is 2.62 bits per heavy atom. The summed E-state index contributed by atoms with van der Waals surface area (Å²) in [6.07, 6.45) is 0. The molecule has 1 saturated heterocycles. The van der Waals surface area contributed by atoms with Crippen molar-refractivity contribution in [2.24, 2.45) is 0 Å². The maximum atomic E-state index is 10.5. The van der Waals surface area contributed by atoms with Gasteiger partial charge in [0.1, 0.15) is 4.95 Å². The lowest BCUT2D eigenvalue weighted by molar-refractivity contribution is 0.224. The highest BCUT2D eigenvalue weighted by Gasteiger charge is 2.24. The molecule has 1 atom stereocenters. The fourth-order valence-corrected chi connectivity index (χ4v) is 0.784. The Morgan fingerprint density at radius 3 is 2.75 bits per heavy atom. The average Bonchev–Trinajstić information content (AvgIpc) is 1.98. The molecule has 0 aromatic heterocycles. The van der Waals surface area contributed by atoms with Gasteiger partial charge in [-0.05, 0) is 0 Å². The largest absolute Gasteiger partial charge is 0.330 e. The fourth-order valence-electron chi connectivity index (χ4n) is 0.466. The van der Waals surface area contributed by atoms with Gasteiger partial charge in [0.2, 0.25) is 0 Å². The summed E-state index contributed by atoms with van der Waals surface area (Å²) in [6, 6.07) is -0.0631. The number of alkyl halides is 1. The Morgan fingerprint density at radius 1 is 2.00 bits per heavy atom. The molecule has 0 bridgehead atoms. The first-order valence-electron chi connectivity index (χ1n) is 2.22. The molecule has 1 heterocycles. The molecule has 1 radical (unpaired) electrons. The van der Waals surface area contributed by atoms with Gasteiger partial charge in [0.25, 0.3) is 0 Å². The van der Waals surface area contributed by atoms with Gasteiger partial charge < -0.3 is 10.2 Å². The number of urea groups is 1. The second-order valence-electron chi connectivity index (χ2n) is 1.60. The number of nitrogens with one attached hydrogen (secondary N) is 1. The zero-order valence-electron chi connectivity index (χ0n) is 4.39. The van der Waals surface area contributed by atoms with Crippen molar-refractivity contribution in [2.75, 3.05) is 7.05 Å². The van der Waals surface area contributed by atoms with E-state index in [1.165, 1.54) is 0 Å². The highest BCUT2D eigenvalue weighted by Crippen LogP contribution is 2.12. The van der Waals surface area contributed by atoms with E-state index in [1.54, 1.807) is 18.5 Å². The third-order valence-electron chi connectivity index (χ3n) is 1.03. The number of hydrogen-bond donors (Lipinski definition) is 1. The lowest BCUT2D eigenvalue weighted by Gasteiger charge is -2.08. The molecule has 1 N–H and O–H groups in total. The molecule has 1 rings (SSSR count). The van der Waals surface area contributed by atoms with Crippen LogP contribution >= 0.6 is 15.9 Å². The van der Waals surface area contributed by atoms with E-state index in [9.17, 15) is 4.79 Å². The number of hydrogen-bond acceptors (Lipinski definition) is 1. The molecular weight excluding hydrogens is 172 g/mol. The van der Waals surface area contributed by atoms with Gasteiger partial charge in [-0.25, -0.2) is 4.79 Å². The number of likely N-dealkylation sites (N-methyl/N-ethyl adjacent to an activating group) is 1. The van der Waals surface area contributed by atoms with Crippen LogP contribution in [-0.2, 0) is 0 Å². The van der Waals surface area contributed by atoms with Gasteiger partial charge in [-0.1, -0.05) is 15.9 Å². The van der Waals surface area contributed by atoms with Crippen LogP contribution < -0.4 is 5.32 Å². The summed E-state index contributed by atoms with van der Waals surface area (Å²) in [7, 11) is 1.72. The zero-order valence-corrected chi connectivity index (χ0v) is 5.97. The molecule has 0 spiro atoms. The fraction of sp³-hybridized carbons (Fsp3) is 0.500. The molecule has 3 nitrogen and oxygen atoms in total. The second-order valence-corrected chi connectivity index (χ2v) is 2.54. The molecule has 1 aliphatic heterocycles. The molecule has 2 amide bonds. The summed E-state index contributed by atoms with van der Waals surface area (Å²) in [5.41, 5.74) is 0. The number of amides is 2. The van der Waals surface area contributed by atoms with Crippen LogP contribution in [-0.4, -0.2) is 22.9 Å². The van der Waals surface area contributed by atoms with Crippen molar-refractivity contribution < 1.29 is 4.79 Å². The van der Waals surface area contributed by atoms with Crippen molar-refractivity contribution in [3.8, 4) is 0 Å². The minimum absolute atomic E-state index is 0.0509. The van der Waals surface area contributed by atoms with E-state index in [2.05, 4.69) is 21.2 Å². The van der Waals surface area contributed by atoms with Crippen LogP contribution in [0.1, 0.15) is 0 Å². The molecule has 8 heavy (non-hydrogen) atoms. The molecule has 0 aliphatic carbocycles. The van der Waals surface area contributed by atoms with Crippen LogP contribution in [0.3, 0.4) is 0 Å². The smallest absolute Gasteiger partial charge is 0.318 e. The van der Waals surface area contributed by atoms with Gasteiger partial charge in [-0.3, -0.25) is 0 Å². The average molecular weight is 178 g/mol. The molecule has 4 heteroatoms. The zero-order chi connectivity index (χ0) is 6.15. The van der Waals surface area contributed by atoms with Crippen LogP contribution in [0.5, 0.6) is 0 Å². The first-order valence-corrected chi connectivity index (χ1v) is 3.14. The molecule has 0 aromatic carbocycles.